The quantitative estimate of drug-likeness (QED) is 0.401. The van der Waals surface area contributed by atoms with Crippen LogP contribution in [0.1, 0.15) is 6.42 Å². The average Bonchev–Trinajstić information content (AvgIpc) is 2.26. The van der Waals surface area contributed by atoms with E-state index in [0.29, 0.717) is 25.0 Å². The molecule has 0 bridgehead atoms. The van der Waals surface area contributed by atoms with E-state index in [-0.39, 0.29) is 11.4 Å². The van der Waals surface area contributed by atoms with Crippen LogP contribution in [-0.2, 0) is 9.47 Å². The van der Waals surface area contributed by atoms with Gasteiger partial charge in [0.25, 0.3) is 5.56 Å². The van der Waals surface area contributed by atoms with Crippen molar-refractivity contribution in [1.29, 1.82) is 0 Å². The number of hydrogen-bond donors (Lipinski definition) is 2. The van der Waals surface area contributed by atoms with Gasteiger partial charge in [0.05, 0.1) is 6.61 Å². The molecule has 0 aromatic carbocycles. The van der Waals surface area contributed by atoms with Gasteiger partial charge in [0, 0.05) is 32.1 Å². The van der Waals surface area contributed by atoms with Crippen LogP contribution in [0.5, 0.6) is 0 Å². The summed E-state index contributed by atoms with van der Waals surface area (Å²) >= 11 is 1.41. The summed E-state index contributed by atoms with van der Waals surface area (Å²) in [5.41, 5.74) is 5.22. The summed E-state index contributed by atoms with van der Waals surface area (Å²) in [6, 6.07) is 1.26. The van der Waals surface area contributed by atoms with E-state index in [1.807, 2.05) is 0 Å². The van der Waals surface area contributed by atoms with Crippen molar-refractivity contribution in [3.8, 4) is 0 Å². The van der Waals surface area contributed by atoms with Gasteiger partial charge in [-0.15, -0.1) is 0 Å². The molecule has 17 heavy (non-hydrogen) atoms. The van der Waals surface area contributed by atoms with Gasteiger partial charge in [0.15, 0.2) is 5.16 Å². The summed E-state index contributed by atoms with van der Waals surface area (Å²) in [6.45, 7) is 1.99. The second-order valence-electron chi connectivity index (χ2n) is 3.28. The van der Waals surface area contributed by atoms with Crippen molar-refractivity contribution < 1.29 is 9.47 Å². The molecule has 0 aliphatic heterocycles. The van der Waals surface area contributed by atoms with E-state index >= 15 is 0 Å². The van der Waals surface area contributed by atoms with Gasteiger partial charge < -0.3 is 20.2 Å². The first-order chi connectivity index (χ1) is 8.22. The Kier molecular flexibility index (Phi) is 6.68. The lowest BCUT2D eigenvalue weighted by molar-refractivity contribution is 0.113. The second-order valence-corrected chi connectivity index (χ2v) is 4.37. The highest BCUT2D eigenvalue weighted by molar-refractivity contribution is 7.99. The fraction of sp³-hybridized carbons (Fsp3) is 0.600. The fourth-order valence-electron chi connectivity index (χ4n) is 1.13. The normalized spacial score (nSPS) is 10.6. The molecular weight excluding hydrogens is 242 g/mol. The molecule has 0 unspecified atom stereocenters. The van der Waals surface area contributed by atoms with E-state index < -0.39 is 0 Å². The van der Waals surface area contributed by atoms with Crippen LogP contribution in [0.15, 0.2) is 16.0 Å². The third kappa shape index (κ3) is 6.30. The molecule has 0 atom stereocenters. The van der Waals surface area contributed by atoms with Gasteiger partial charge in [-0.2, -0.15) is 0 Å². The van der Waals surface area contributed by atoms with Crippen LogP contribution >= 0.6 is 11.8 Å². The molecule has 1 aromatic rings. The van der Waals surface area contributed by atoms with E-state index in [1.54, 1.807) is 7.11 Å². The number of hydrogen-bond acceptors (Lipinski definition) is 6. The number of methoxy groups -OCH3 is 1. The number of aromatic amines is 1. The number of nitrogen functional groups attached to an aromatic ring is 1. The van der Waals surface area contributed by atoms with Crippen molar-refractivity contribution in [2.75, 3.05) is 38.4 Å². The Morgan fingerprint density at radius 2 is 2.29 bits per heavy atom. The fourth-order valence-corrected chi connectivity index (χ4v) is 1.86. The lowest BCUT2D eigenvalue weighted by atomic mass is 10.5. The number of thioether (sulfide) groups is 1. The van der Waals surface area contributed by atoms with Crippen LogP contribution in [0.25, 0.3) is 0 Å². The zero-order chi connectivity index (χ0) is 12.5. The Labute approximate surface area is 104 Å². The molecule has 3 N–H and O–H groups in total. The number of nitrogens with one attached hydrogen (secondary N) is 1. The summed E-state index contributed by atoms with van der Waals surface area (Å²) < 4.78 is 10.3. The third-order valence-corrected chi connectivity index (χ3v) is 2.68. The molecule has 0 aliphatic rings. The van der Waals surface area contributed by atoms with Gasteiger partial charge in [0.2, 0.25) is 0 Å². The first-order valence-corrected chi connectivity index (χ1v) is 6.27. The Balaban J connectivity index is 2.16. The van der Waals surface area contributed by atoms with Crippen molar-refractivity contribution in [3.63, 3.8) is 0 Å². The van der Waals surface area contributed by atoms with Crippen LogP contribution in [-0.4, -0.2) is 42.7 Å². The minimum Gasteiger partial charge on any atom is -0.385 e. The monoisotopic (exact) mass is 259 g/mol. The van der Waals surface area contributed by atoms with E-state index in [4.69, 9.17) is 15.2 Å². The zero-order valence-electron chi connectivity index (χ0n) is 9.77. The van der Waals surface area contributed by atoms with E-state index in [0.717, 1.165) is 12.2 Å². The maximum absolute atomic E-state index is 11.1. The second kappa shape index (κ2) is 8.10. The summed E-state index contributed by atoms with van der Waals surface area (Å²) in [6.07, 6.45) is 0.883. The van der Waals surface area contributed by atoms with E-state index in [1.165, 1.54) is 17.8 Å². The topological polar surface area (TPSA) is 90.2 Å². The Bertz CT molecular complexity index is 383. The average molecular weight is 259 g/mol. The first kappa shape index (κ1) is 14.0. The zero-order valence-corrected chi connectivity index (χ0v) is 10.6. The maximum atomic E-state index is 11.1. The third-order valence-electron chi connectivity index (χ3n) is 1.84. The van der Waals surface area contributed by atoms with Gasteiger partial charge in [-0.25, -0.2) is 4.98 Å². The first-order valence-electron chi connectivity index (χ1n) is 5.28. The number of nitrogens with zero attached hydrogens (tertiary/aromatic N) is 1. The van der Waals surface area contributed by atoms with Gasteiger partial charge in [-0.1, -0.05) is 11.8 Å². The van der Waals surface area contributed by atoms with Crippen LogP contribution in [0.2, 0.25) is 0 Å². The molecule has 0 radical (unpaired) electrons. The molecule has 0 spiro atoms. The summed E-state index contributed by atoms with van der Waals surface area (Å²) in [4.78, 5) is 17.7. The molecule has 1 heterocycles. The van der Waals surface area contributed by atoms with Crippen LogP contribution < -0.4 is 11.3 Å². The molecule has 0 aliphatic carbocycles. The minimum atomic E-state index is -0.235. The van der Waals surface area contributed by atoms with Gasteiger partial charge in [0.1, 0.15) is 5.82 Å². The van der Waals surface area contributed by atoms with Crippen molar-refractivity contribution in [2.24, 2.45) is 0 Å². The maximum Gasteiger partial charge on any atom is 0.253 e. The number of aromatic nitrogens is 2. The summed E-state index contributed by atoms with van der Waals surface area (Å²) in [5, 5.41) is 0.524. The molecule has 7 heteroatoms. The highest BCUT2D eigenvalue weighted by Gasteiger charge is 1.99. The lowest BCUT2D eigenvalue weighted by Gasteiger charge is -2.03. The molecule has 0 fully saturated rings. The van der Waals surface area contributed by atoms with Crippen molar-refractivity contribution in [1.82, 2.24) is 9.97 Å². The van der Waals surface area contributed by atoms with E-state index in [9.17, 15) is 4.79 Å². The molecule has 0 saturated heterocycles. The summed E-state index contributed by atoms with van der Waals surface area (Å²) in [7, 11) is 1.66. The molecule has 1 aromatic heterocycles. The smallest absolute Gasteiger partial charge is 0.253 e. The Morgan fingerprint density at radius 3 is 3.00 bits per heavy atom. The molecule has 1 rings (SSSR count). The van der Waals surface area contributed by atoms with Crippen molar-refractivity contribution >= 4 is 17.6 Å². The van der Waals surface area contributed by atoms with Gasteiger partial charge in [-0.05, 0) is 6.42 Å². The highest BCUT2D eigenvalue weighted by Crippen LogP contribution is 2.11. The predicted molar refractivity (Wildman–Crippen MR) is 67.3 cm³/mol. The molecule has 0 amide bonds. The Morgan fingerprint density at radius 1 is 1.47 bits per heavy atom. The van der Waals surface area contributed by atoms with Crippen LogP contribution in [0, 0.1) is 0 Å². The number of anilines is 1. The minimum absolute atomic E-state index is 0.234. The lowest BCUT2D eigenvalue weighted by Crippen LogP contribution is -2.10. The van der Waals surface area contributed by atoms with Gasteiger partial charge >= 0.3 is 0 Å². The number of nitrogens with two attached hydrogens (primary N) is 1. The van der Waals surface area contributed by atoms with Crippen LogP contribution in [0.4, 0.5) is 5.82 Å². The SMILES string of the molecule is COCCCOCCSc1nc(N)cc(=O)[nH]1. The highest BCUT2D eigenvalue weighted by atomic mass is 32.2. The molecule has 6 nitrogen and oxygen atoms in total. The predicted octanol–water partition coefficient (Wildman–Crippen LogP) is 0.497. The van der Waals surface area contributed by atoms with Crippen molar-refractivity contribution in [3.05, 3.63) is 16.4 Å². The molecule has 96 valence electrons. The van der Waals surface area contributed by atoms with Crippen LogP contribution in [0.3, 0.4) is 0 Å². The molecule has 0 saturated carbocycles. The number of H-pyrrole nitrogens is 1. The van der Waals surface area contributed by atoms with Crippen molar-refractivity contribution in [2.45, 2.75) is 11.6 Å². The van der Waals surface area contributed by atoms with E-state index in [2.05, 4.69) is 9.97 Å². The number of ether oxygens (including phenoxy) is 2. The standard InChI is InChI=1S/C10H17N3O3S/c1-15-3-2-4-16-5-6-17-10-12-8(11)7-9(14)13-10/h7H,2-6H2,1H3,(H3,11,12,13,14). The molecular formula is C10H17N3O3S. The Hall–Kier alpha value is -1.05. The number of rotatable bonds is 8. The summed E-state index contributed by atoms with van der Waals surface area (Å²) in [5.74, 6) is 0.955. The largest absolute Gasteiger partial charge is 0.385 e. The van der Waals surface area contributed by atoms with Gasteiger partial charge in [-0.3, -0.25) is 4.79 Å².